The van der Waals surface area contributed by atoms with Crippen molar-refractivity contribution in [3.63, 3.8) is 0 Å². The van der Waals surface area contributed by atoms with Gasteiger partial charge in [-0.2, -0.15) is 0 Å². The Morgan fingerprint density at radius 3 is 2.81 bits per heavy atom. The molecule has 1 atom stereocenters. The third-order valence-electron chi connectivity index (χ3n) is 3.48. The lowest BCUT2D eigenvalue weighted by Gasteiger charge is -2.21. The van der Waals surface area contributed by atoms with Gasteiger partial charge in [-0.3, -0.25) is 4.98 Å². The number of rotatable bonds is 4. The van der Waals surface area contributed by atoms with Crippen LogP contribution in [0.15, 0.2) is 41.1 Å². The van der Waals surface area contributed by atoms with Crippen molar-refractivity contribution in [2.45, 2.75) is 19.5 Å². The number of fused-ring (bicyclic) bond motifs is 1. The van der Waals surface area contributed by atoms with Crippen LogP contribution in [0.4, 0.5) is 0 Å². The van der Waals surface area contributed by atoms with Crippen LogP contribution < -0.4 is 14.8 Å². The van der Waals surface area contributed by atoms with E-state index in [1.807, 2.05) is 30.6 Å². The van der Waals surface area contributed by atoms with Gasteiger partial charge in [0, 0.05) is 25.0 Å². The van der Waals surface area contributed by atoms with E-state index >= 15 is 0 Å². The second kappa shape index (κ2) is 6.45. The lowest BCUT2D eigenvalue weighted by molar-refractivity contribution is 0.170. The van der Waals surface area contributed by atoms with Crippen LogP contribution in [0.3, 0.4) is 0 Å². The first kappa shape index (κ1) is 14.4. The summed E-state index contributed by atoms with van der Waals surface area (Å²) >= 11 is 3.54. The molecule has 0 saturated carbocycles. The summed E-state index contributed by atoms with van der Waals surface area (Å²) in [7, 11) is 0. The van der Waals surface area contributed by atoms with E-state index in [2.05, 4.69) is 39.2 Å². The third-order valence-corrected chi connectivity index (χ3v) is 4.06. The molecule has 0 bridgehead atoms. The van der Waals surface area contributed by atoms with Gasteiger partial charge in [-0.15, -0.1) is 0 Å². The molecule has 2 heterocycles. The summed E-state index contributed by atoms with van der Waals surface area (Å²) in [5.41, 5.74) is 2.38. The summed E-state index contributed by atoms with van der Waals surface area (Å²) in [6.45, 7) is 4.10. The minimum atomic E-state index is 0.264. The predicted octanol–water partition coefficient (Wildman–Crippen LogP) is 3.47. The molecule has 110 valence electrons. The highest BCUT2D eigenvalue weighted by Crippen LogP contribution is 2.38. The van der Waals surface area contributed by atoms with E-state index in [-0.39, 0.29) is 6.04 Å². The van der Waals surface area contributed by atoms with Crippen molar-refractivity contribution in [3.05, 3.63) is 52.3 Å². The van der Waals surface area contributed by atoms with Gasteiger partial charge in [0.2, 0.25) is 0 Å². The second-order valence-corrected chi connectivity index (χ2v) is 5.84. The topological polar surface area (TPSA) is 43.4 Å². The summed E-state index contributed by atoms with van der Waals surface area (Å²) in [6.07, 6.45) is 3.63. The van der Waals surface area contributed by atoms with E-state index in [0.29, 0.717) is 13.2 Å². The summed E-state index contributed by atoms with van der Waals surface area (Å²) in [5.74, 6) is 1.61. The SMILES string of the molecule is C[C@H](NCc1cc(Br)c2c(c1)OCCO2)c1ccncc1. The van der Waals surface area contributed by atoms with Gasteiger partial charge in [-0.25, -0.2) is 0 Å². The first-order valence-corrected chi connectivity index (χ1v) is 7.74. The van der Waals surface area contributed by atoms with E-state index in [1.54, 1.807) is 0 Å². The number of aromatic nitrogens is 1. The molecule has 0 unspecified atom stereocenters. The van der Waals surface area contributed by atoms with Gasteiger partial charge in [0.05, 0.1) is 4.47 Å². The normalized spacial score (nSPS) is 14.8. The summed E-state index contributed by atoms with van der Waals surface area (Å²) in [4.78, 5) is 4.04. The summed E-state index contributed by atoms with van der Waals surface area (Å²) in [6, 6.07) is 8.42. The van der Waals surface area contributed by atoms with Gasteiger partial charge in [0.25, 0.3) is 0 Å². The third kappa shape index (κ3) is 3.36. The van der Waals surface area contributed by atoms with Crippen molar-refractivity contribution in [1.29, 1.82) is 0 Å². The number of hydrogen-bond acceptors (Lipinski definition) is 4. The zero-order chi connectivity index (χ0) is 14.7. The Bertz CT molecular complexity index is 619. The molecule has 0 radical (unpaired) electrons. The van der Waals surface area contributed by atoms with Gasteiger partial charge >= 0.3 is 0 Å². The van der Waals surface area contributed by atoms with Crippen LogP contribution in [0, 0.1) is 0 Å². The van der Waals surface area contributed by atoms with E-state index in [4.69, 9.17) is 9.47 Å². The quantitative estimate of drug-likeness (QED) is 0.918. The van der Waals surface area contributed by atoms with Crippen LogP contribution >= 0.6 is 15.9 Å². The van der Waals surface area contributed by atoms with Crippen molar-refractivity contribution in [3.8, 4) is 11.5 Å². The van der Waals surface area contributed by atoms with Crippen molar-refractivity contribution < 1.29 is 9.47 Å². The molecule has 3 rings (SSSR count). The fraction of sp³-hybridized carbons (Fsp3) is 0.312. The molecular formula is C16H17BrN2O2. The number of pyridine rings is 1. The molecule has 0 saturated heterocycles. The van der Waals surface area contributed by atoms with Crippen LogP contribution in [0.1, 0.15) is 24.1 Å². The molecule has 4 nitrogen and oxygen atoms in total. The highest BCUT2D eigenvalue weighted by molar-refractivity contribution is 9.10. The number of halogens is 1. The average molecular weight is 349 g/mol. The molecule has 1 aliphatic heterocycles. The maximum Gasteiger partial charge on any atom is 0.175 e. The molecule has 5 heteroatoms. The van der Waals surface area contributed by atoms with Crippen molar-refractivity contribution in [2.75, 3.05) is 13.2 Å². The Hall–Kier alpha value is -1.59. The van der Waals surface area contributed by atoms with E-state index < -0.39 is 0 Å². The van der Waals surface area contributed by atoms with Crippen molar-refractivity contribution in [2.24, 2.45) is 0 Å². The molecule has 0 spiro atoms. The molecule has 0 fully saturated rings. The smallest absolute Gasteiger partial charge is 0.175 e. The fourth-order valence-corrected chi connectivity index (χ4v) is 2.91. The van der Waals surface area contributed by atoms with Crippen LogP contribution in [-0.4, -0.2) is 18.2 Å². The number of nitrogens with zero attached hydrogens (tertiary/aromatic N) is 1. The lowest BCUT2D eigenvalue weighted by atomic mass is 10.1. The molecule has 1 N–H and O–H groups in total. The average Bonchev–Trinajstić information content (AvgIpc) is 2.53. The van der Waals surface area contributed by atoms with Gasteiger partial charge in [-0.05, 0) is 58.2 Å². The zero-order valence-electron chi connectivity index (χ0n) is 11.8. The standard InChI is InChI=1S/C16H17BrN2O2/c1-11(13-2-4-18-5-3-13)19-10-12-8-14(17)16-15(9-12)20-6-7-21-16/h2-5,8-9,11,19H,6-7,10H2,1H3/t11-/m0/s1. The van der Waals surface area contributed by atoms with E-state index in [0.717, 1.165) is 28.1 Å². The van der Waals surface area contributed by atoms with Gasteiger partial charge in [0.15, 0.2) is 11.5 Å². The van der Waals surface area contributed by atoms with Crippen molar-refractivity contribution in [1.82, 2.24) is 10.3 Å². The zero-order valence-corrected chi connectivity index (χ0v) is 13.4. The minimum Gasteiger partial charge on any atom is -0.486 e. The lowest BCUT2D eigenvalue weighted by Crippen LogP contribution is -2.19. The van der Waals surface area contributed by atoms with Crippen LogP contribution in [0.5, 0.6) is 11.5 Å². The molecule has 1 aliphatic rings. The largest absolute Gasteiger partial charge is 0.486 e. The Morgan fingerprint density at radius 2 is 2.00 bits per heavy atom. The first-order chi connectivity index (χ1) is 10.2. The summed E-state index contributed by atoms with van der Waals surface area (Å²) < 4.78 is 12.2. The van der Waals surface area contributed by atoms with Gasteiger partial charge in [0.1, 0.15) is 13.2 Å². The molecule has 0 amide bonds. The van der Waals surface area contributed by atoms with Gasteiger partial charge < -0.3 is 14.8 Å². The maximum atomic E-state index is 5.65. The monoisotopic (exact) mass is 348 g/mol. The Balaban J connectivity index is 1.69. The molecule has 1 aromatic heterocycles. The highest BCUT2D eigenvalue weighted by atomic mass is 79.9. The van der Waals surface area contributed by atoms with Crippen LogP contribution in [0.25, 0.3) is 0 Å². The minimum absolute atomic E-state index is 0.264. The molecule has 21 heavy (non-hydrogen) atoms. The molecular weight excluding hydrogens is 332 g/mol. The van der Waals surface area contributed by atoms with Gasteiger partial charge in [-0.1, -0.05) is 0 Å². The number of ether oxygens (including phenoxy) is 2. The highest BCUT2D eigenvalue weighted by Gasteiger charge is 2.16. The van der Waals surface area contributed by atoms with E-state index in [9.17, 15) is 0 Å². The van der Waals surface area contributed by atoms with Crippen LogP contribution in [-0.2, 0) is 6.54 Å². The second-order valence-electron chi connectivity index (χ2n) is 4.98. The molecule has 0 aliphatic carbocycles. The number of nitrogens with one attached hydrogen (secondary N) is 1. The Morgan fingerprint density at radius 1 is 1.24 bits per heavy atom. The number of hydrogen-bond donors (Lipinski definition) is 1. The van der Waals surface area contributed by atoms with E-state index in [1.165, 1.54) is 5.56 Å². The predicted molar refractivity (Wildman–Crippen MR) is 84.6 cm³/mol. The van der Waals surface area contributed by atoms with Crippen molar-refractivity contribution >= 4 is 15.9 Å². The summed E-state index contributed by atoms with van der Waals surface area (Å²) in [5, 5.41) is 3.50. The van der Waals surface area contributed by atoms with Crippen LogP contribution in [0.2, 0.25) is 0 Å². The molecule has 2 aromatic rings. The number of benzene rings is 1. The molecule has 1 aromatic carbocycles. The Kier molecular flexibility index (Phi) is 4.41. The maximum absolute atomic E-state index is 5.65. The first-order valence-electron chi connectivity index (χ1n) is 6.95. The fourth-order valence-electron chi connectivity index (χ4n) is 2.31. The Labute approximate surface area is 132 Å².